The third-order valence-corrected chi connectivity index (χ3v) is 7.64. The largest absolute Gasteiger partial charge is 0.347 e. The van der Waals surface area contributed by atoms with Crippen LogP contribution in [0.2, 0.25) is 0 Å². The van der Waals surface area contributed by atoms with Crippen molar-refractivity contribution < 1.29 is 0 Å². The van der Waals surface area contributed by atoms with E-state index in [2.05, 4.69) is 104 Å². The van der Waals surface area contributed by atoms with Gasteiger partial charge < -0.3 is 4.67 Å². The molecule has 2 aliphatic rings. The van der Waals surface area contributed by atoms with Crippen molar-refractivity contribution in [1.82, 2.24) is 9.76 Å². The normalized spacial score (nSPS) is 20.8. The molecule has 3 atom stereocenters. The van der Waals surface area contributed by atoms with E-state index >= 15 is 0 Å². The molecule has 0 fully saturated rings. The molecule has 2 rings (SSSR count). The smallest absolute Gasteiger partial charge is 0.0490 e. The van der Waals surface area contributed by atoms with Gasteiger partial charge in [-0.1, -0.05) is 85.9 Å². The third-order valence-electron chi connectivity index (χ3n) is 6.43. The average Bonchev–Trinajstić information content (AvgIpc) is 3.04. The Hall–Kier alpha value is -2.15. The van der Waals surface area contributed by atoms with Crippen molar-refractivity contribution in [1.29, 1.82) is 0 Å². The van der Waals surface area contributed by atoms with E-state index in [1.165, 1.54) is 41.6 Å². The molecule has 0 aliphatic heterocycles. The fourth-order valence-electron chi connectivity index (χ4n) is 4.53. The number of hydrogen-bond acceptors (Lipinski definition) is 2. The second kappa shape index (κ2) is 17.3. The van der Waals surface area contributed by atoms with E-state index in [1.54, 1.807) is 0 Å². The van der Waals surface area contributed by atoms with E-state index in [0.717, 1.165) is 38.6 Å². The van der Waals surface area contributed by atoms with Crippen molar-refractivity contribution in [3.8, 4) is 0 Å². The van der Waals surface area contributed by atoms with Crippen molar-refractivity contribution in [2.75, 3.05) is 6.54 Å². The summed E-state index contributed by atoms with van der Waals surface area (Å²) in [5.41, 5.74) is 5.93. The molecule has 2 aliphatic carbocycles. The molecule has 0 heterocycles. The van der Waals surface area contributed by atoms with Crippen LogP contribution in [-0.4, -0.2) is 17.3 Å². The first-order valence-electron chi connectivity index (χ1n) is 13.3. The van der Waals surface area contributed by atoms with Gasteiger partial charge in [0.25, 0.3) is 0 Å². The number of hydrogen-bond donors (Lipinski definition) is 1. The average molecular weight is 491 g/mol. The van der Waals surface area contributed by atoms with E-state index in [4.69, 9.17) is 0 Å². The van der Waals surface area contributed by atoms with Crippen molar-refractivity contribution in [2.45, 2.75) is 78.2 Å². The van der Waals surface area contributed by atoms with E-state index < -0.39 is 0 Å². The highest BCUT2D eigenvalue weighted by Crippen LogP contribution is 2.32. The Balaban J connectivity index is 1.90. The summed E-state index contributed by atoms with van der Waals surface area (Å²) in [6.07, 6.45) is 35.8. The lowest BCUT2D eigenvalue weighted by molar-refractivity contribution is 0.518. The van der Waals surface area contributed by atoms with Crippen LogP contribution >= 0.6 is 8.88 Å². The van der Waals surface area contributed by atoms with Crippen molar-refractivity contribution in [3.63, 3.8) is 0 Å². The van der Waals surface area contributed by atoms with Gasteiger partial charge in [0, 0.05) is 21.5 Å². The van der Waals surface area contributed by atoms with Crippen LogP contribution in [0.5, 0.6) is 0 Å². The summed E-state index contributed by atoms with van der Waals surface area (Å²) in [7, 11) is 0.520. The van der Waals surface area contributed by atoms with Crippen LogP contribution in [0, 0.1) is 5.92 Å². The Labute approximate surface area is 217 Å². The van der Waals surface area contributed by atoms with Crippen LogP contribution in [0.15, 0.2) is 108 Å². The molecule has 3 unspecified atom stereocenters. The van der Waals surface area contributed by atoms with Gasteiger partial charge in [0.15, 0.2) is 0 Å². The summed E-state index contributed by atoms with van der Waals surface area (Å²) in [6.45, 7) is 15.6. The molecule has 0 spiro atoms. The second-order valence-corrected chi connectivity index (χ2v) is 10.5. The predicted molar refractivity (Wildman–Crippen MR) is 160 cm³/mol. The monoisotopic (exact) mass is 490 g/mol. The van der Waals surface area contributed by atoms with Gasteiger partial charge >= 0.3 is 0 Å². The van der Waals surface area contributed by atoms with Gasteiger partial charge in [-0.15, -0.1) is 6.58 Å². The number of nitrogens with one attached hydrogen (secondary N) is 1. The second-order valence-electron chi connectivity index (χ2n) is 9.43. The SMILES string of the molecule is C=CCCC(/C=C\C)=C\C/C=C\C(C)CN(C=C)PNC(C)C1=CCCCC2=C1C/C=C/C/C=C\2. The molecular formula is C32H47N2P. The fraction of sp³-hybridized carbons (Fsp3) is 0.438. The molecule has 0 aromatic heterocycles. The first-order chi connectivity index (χ1) is 17.1. The molecule has 0 saturated heterocycles. The highest BCUT2D eigenvalue weighted by molar-refractivity contribution is 7.33. The topological polar surface area (TPSA) is 15.3 Å². The minimum absolute atomic E-state index is 0.330. The molecule has 0 saturated carbocycles. The molecule has 3 heteroatoms. The summed E-state index contributed by atoms with van der Waals surface area (Å²) in [5, 5.41) is 3.80. The van der Waals surface area contributed by atoms with Crippen molar-refractivity contribution in [2.24, 2.45) is 5.92 Å². The van der Waals surface area contributed by atoms with Gasteiger partial charge in [0.2, 0.25) is 0 Å². The quantitative estimate of drug-likeness (QED) is 0.148. The van der Waals surface area contributed by atoms with Crippen LogP contribution < -0.4 is 5.09 Å². The van der Waals surface area contributed by atoms with Gasteiger partial charge in [-0.2, -0.15) is 0 Å². The van der Waals surface area contributed by atoms with Crippen LogP contribution in [0.4, 0.5) is 0 Å². The van der Waals surface area contributed by atoms with E-state index in [9.17, 15) is 0 Å². The molecular weight excluding hydrogens is 443 g/mol. The van der Waals surface area contributed by atoms with Crippen molar-refractivity contribution >= 4 is 8.88 Å². The van der Waals surface area contributed by atoms with Gasteiger partial charge in [0.05, 0.1) is 0 Å². The molecule has 0 bridgehead atoms. The zero-order valence-electron chi connectivity index (χ0n) is 22.3. The summed E-state index contributed by atoms with van der Waals surface area (Å²) < 4.78 is 2.32. The lowest BCUT2D eigenvalue weighted by Gasteiger charge is -2.27. The zero-order chi connectivity index (χ0) is 25.3. The lowest BCUT2D eigenvalue weighted by Crippen LogP contribution is -2.27. The summed E-state index contributed by atoms with van der Waals surface area (Å²) in [4.78, 5) is 0. The zero-order valence-corrected chi connectivity index (χ0v) is 23.3. The van der Waals surface area contributed by atoms with Gasteiger partial charge in [-0.25, -0.2) is 0 Å². The summed E-state index contributed by atoms with van der Waals surface area (Å²) in [6, 6.07) is 0.330. The molecule has 0 radical (unpaired) electrons. The maximum absolute atomic E-state index is 4.08. The lowest BCUT2D eigenvalue weighted by atomic mass is 9.91. The van der Waals surface area contributed by atoms with Crippen LogP contribution in [-0.2, 0) is 0 Å². The summed E-state index contributed by atoms with van der Waals surface area (Å²) >= 11 is 0. The van der Waals surface area contributed by atoms with Crippen LogP contribution in [0.25, 0.3) is 0 Å². The number of allylic oxidation sites excluding steroid dienone is 12. The third kappa shape index (κ3) is 11.0. The van der Waals surface area contributed by atoms with Crippen LogP contribution in [0.1, 0.15) is 72.1 Å². The first-order valence-corrected chi connectivity index (χ1v) is 14.3. The highest BCUT2D eigenvalue weighted by Gasteiger charge is 2.18. The van der Waals surface area contributed by atoms with Gasteiger partial charge in [-0.05, 0) is 94.1 Å². The Bertz CT molecular complexity index is 881. The Kier molecular flexibility index (Phi) is 14.4. The predicted octanol–water partition coefficient (Wildman–Crippen LogP) is 9.28. The highest BCUT2D eigenvalue weighted by atomic mass is 31.1. The Morgan fingerprint density at radius 3 is 2.86 bits per heavy atom. The van der Waals surface area contributed by atoms with E-state index in [0.29, 0.717) is 20.8 Å². The molecule has 2 nitrogen and oxygen atoms in total. The Morgan fingerprint density at radius 2 is 2.09 bits per heavy atom. The maximum Gasteiger partial charge on any atom is 0.0490 e. The minimum atomic E-state index is 0.330. The van der Waals surface area contributed by atoms with Gasteiger partial charge in [0.1, 0.15) is 0 Å². The number of nitrogens with zero attached hydrogens (tertiary/aromatic N) is 1. The summed E-state index contributed by atoms with van der Waals surface area (Å²) in [5.74, 6) is 0.469. The molecule has 35 heavy (non-hydrogen) atoms. The minimum Gasteiger partial charge on any atom is -0.347 e. The molecule has 0 aromatic rings. The number of rotatable bonds is 14. The molecule has 1 N–H and O–H groups in total. The van der Waals surface area contributed by atoms with E-state index in [-0.39, 0.29) is 0 Å². The van der Waals surface area contributed by atoms with E-state index in [1.807, 2.05) is 12.3 Å². The maximum atomic E-state index is 4.08. The molecule has 0 aromatic carbocycles. The Morgan fingerprint density at radius 1 is 1.23 bits per heavy atom. The van der Waals surface area contributed by atoms with Crippen molar-refractivity contribution in [3.05, 3.63) is 108 Å². The van der Waals surface area contributed by atoms with Crippen LogP contribution in [0.3, 0.4) is 0 Å². The van der Waals surface area contributed by atoms with Gasteiger partial charge in [-0.3, -0.25) is 5.09 Å². The fourth-order valence-corrected chi connectivity index (χ4v) is 5.51. The molecule has 0 amide bonds. The standard InChI is InChI=1S/C32H47N2P/c1-6-9-20-29(18-7-2)21-15-14-19-27(4)26-34(8-3)35-33-28(5)31-24-17-16-23-30-22-12-10-11-13-25-32(30)31/h6-8,11-14,18-19,21-22,24,27-28,33,35H,1,3,9-10,15-17,20,23,25-26H2,2,4-5H3/b13-11+,18-7-,19-14-,22-12-,29-21-. The first kappa shape index (κ1) is 29.1. The molecule has 190 valence electrons.